The van der Waals surface area contributed by atoms with E-state index in [0.29, 0.717) is 21.8 Å². The van der Waals surface area contributed by atoms with E-state index in [9.17, 15) is 13.6 Å². The third kappa shape index (κ3) is 3.29. The molecule has 0 aliphatic carbocycles. The van der Waals surface area contributed by atoms with Gasteiger partial charge in [-0.25, -0.2) is 8.78 Å². The maximum atomic E-state index is 14.2. The van der Waals surface area contributed by atoms with Crippen LogP contribution in [0.25, 0.3) is 10.2 Å². The molecule has 0 fully saturated rings. The fourth-order valence-electron chi connectivity index (χ4n) is 2.82. The fourth-order valence-corrected chi connectivity index (χ4v) is 3.91. The molecule has 136 valence electrons. The lowest BCUT2D eigenvalue weighted by atomic mass is 10.1. The van der Waals surface area contributed by atoms with Crippen molar-refractivity contribution in [2.45, 2.75) is 13.0 Å². The van der Waals surface area contributed by atoms with Crippen LogP contribution in [-0.2, 0) is 17.8 Å². The third-order valence-corrected chi connectivity index (χ3v) is 4.98. The molecule has 8 heteroatoms. The molecular weight excluding hydrogens is 374 g/mol. The second-order valence-corrected chi connectivity index (χ2v) is 6.79. The number of halogens is 2. The molecule has 1 aliphatic rings. The number of nitrogens with zero attached hydrogens (tertiary/aromatic N) is 2. The topological polar surface area (TPSA) is 52.8 Å². The Morgan fingerprint density at radius 3 is 2.89 bits per heavy atom. The van der Waals surface area contributed by atoms with E-state index < -0.39 is 17.5 Å². The molecule has 1 amide bonds. The van der Waals surface area contributed by atoms with Gasteiger partial charge >= 0.3 is 0 Å². The molecule has 3 aromatic rings. The first-order valence-electron chi connectivity index (χ1n) is 7.93. The number of carbonyl (C=O) groups is 1. The normalized spacial score (nSPS) is 13.1. The molecule has 0 atom stereocenters. The second-order valence-electron chi connectivity index (χ2n) is 5.78. The summed E-state index contributed by atoms with van der Waals surface area (Å²) in [6.45, 7) is 0.159. The van der Waals surface area contributed by atoms with Crippen LogP contribution in [0.1, 0.15) is 5.56 Å². The maximum Gasteiger partial charge on any atom is 0.252 e. The summed E-state index contributed by atoms with van der Waals surface area (Å²) in [6, 6.07) is 7.15. The summed E-state index contributed by atoms with van der Waals surface area (Å²) in [5.74, 6) is 1.71. The number of thiazole rings is 1. The summed E-state index contributed by atoms with van der Waals surface area (Å²) in [7, 11) is 0. The fraction of sp³-hybridized carbons (Fsp3) is 0.158. The summed E-state index contributed by atoms with van der Waals surface area (Å²) in [4.78, 5) is 16.7. The van der Waals surface area contributed by atoms with Gasteiger partial charge in [0.15, 0.2) is 22.1 Å². The maximum absolute atomic E-state index is 14.2. The van der Waals surface area contributed by atoms with Crippen LogP contribution in [0, 0.1) is 24.0 Å². The van der Waals surface area contributed by atoms with E-state index in [1.54, 1.807) is 18.2 Å². The van der Waals surface area contributed by atoms with Crippen molar-refractivity contribution < 1.29 is 23.0 Å². The number of benzene rings is 2. The molecular formula is C19H12F2N2O3S. The highest BCUT2D eigenvalue weighted by atomic mass is 32.1. The Morgan fingerprint density at radius 2 is 2.07 bits per heavy atom. The molecule has 4 rings (SSSR count). The molecule has 2 heterocycles. The molecule has 5 nitrogen and oxygen atoms in total. The Morgan fingerprint density at radius 1 is 1.26 bits per heavy atom. The van der Waals surface area contributed by atoms with Crippen LogP contribution in [0.2, 0.25) is 0 Å². The van der Waals surface area contributed by atoms with E-state index in [0.717, 1.165) is 17.4 Å². The number of rotatable bonds is 3. The number of carbonyl (C=O) groups excluding carboxylic acids is 1. The number of ether oxygens (including phenoxy) is 2. The lowest BCUT2D eigenvalue weighted by Gasteiger charge is -2.02. The smallest absolute Gasteiger partial charge is 0.252 e. The van der Waals surface area contributed by atoms with Gasteiger partial charge < -0.3 is 14.0 Å². The zero-order chi connectivity index (χ0) is 19.0. The van der Waals surface area contributed by atoms with Gasteiger partial charge in [0.2, 0.25) is 6.79 Å². The van der Waals surface area contributed by atoms with Gasteiger partial charge in [-0.05, 0) is 23.8 Å². The molecule has 27 heavy (non-hydrogen) atoms. The van der Waals surface area contributed by atoms with Crippen molar-refractivity contribution in [3.63, 3.8) is 0 Å². The highest BCUT2D eigenvalue weighted by Gasteiger charge is 2.16. The highest BCUT2D eigenvalue weighted by molar-refractivity contribution is 7.16. The van der Waals surface area contributed by atoms with Crippen LogP contribution in [0.15, 0.2) is 35.3 Å². The van der Waals surface area contributed by atoms with E-state index >= 15 is 0 Å². The molecule has 0 unspecified atom stereocenters. The van der Waals surface area contributed by atoms with Gasteiger partial charge in [-0.2, -0.15) is 4.99 Å². The minimum atomic E-state index is -0.749. The third-order valence-electron chi connectivity index (χ3n) is 3.96. The van der Waals surface area contributed by atoms with Crippen LogP contribution >= 0.6 is 11.3 Å². The number of hydrogen-bond donors (Lipinski definition) is 0. The number of amides is 1. The number of hydrogen-bond acceptors (Lipinski definition) is 4. The van der Waals surface area contributed by atoms with E-state index in [-0.39, 0.29) is 30.1 Å². The van der Waals surface area contributed by atoms with Crippen molar-refractivity contribution in [3.8, 4) is 23.8 Å². The van der Waals surface area contributed by atoms with Gasteiger partial charge in [-0.3, -0.25) is 4.79 Å². The van der Waals surface area contributed by atoms with Crippen molar-refractivity contribution in [2.75, 3.05) is 6.79 Å². The Bertz CT molecular complexity index is 1170. The van der Waals surface area contributed by atoms with Crippen molar-refractivity contribution >= 4 is 27.5 Å². The molecule has 1 aliphatic heterocycles. The predicted molar refractivity (Wildman–Crippen MR) is 95.4 cm³/mol. The van der Waals surface area contributed by atoms with Crippen LogP contribution < -0.4 is 14.3 Å². The van der Waals surface area contributed by atoms with Crippen LogP contribution in [0.5, 0.6) is 11.5 Å². The quantitative estimate of drug-likeness (QED) is 0.651. The standard InChI is InChI=1S/C19H12F2N2O3S/c1-2-5-23-18-13(21)8-12(20)9-16(18)27-19(23)22-17(24)7-11-3-4-14-15(6-11)26-10-25-14/h1,3-4,6,8-9H,5,7,10H2. The minimum absolute atomic E-state index is 0.0126. The summed E-state index contributed by atoms with van der Waals surface area (Å²) >= 11 is 1.01. The summed E-state index contributed by atoms with van der Waals surface area (Å²) in [5.41, 5.74) is 0.837. The molecule has 0 radical (unpaired) electrons. The van der Waals surface area contributed by atoms with Gasteiger partial charge in [-0.1, -0.05) is 23.3 Å². The molecule has 0 N–H and O–H groups in total. The Labute approximate surface area is 156 Å². The first-order chi connectivity index (χ1) is 13.0. The largest absolute Gasteiger partial charge is 0.454 e. The van der Waals surface area contributed by atoms with E-state index in [2.05, 4.69) is 10.9 Å². The Kier molecular flexibility index (Phi) is 4.38. The minimum Gasteiger partial charge on any atom is -0.454 e. The van der Waals surface area contributed by atoms with Crippen LogP contribution in [0.4, 0.5) is 8.78 Å². The van der Waals surface area contributed by atoms with Crippen molar-refractivity contribution in [3.05, 3.63) is 52.3 Å². The lowest BCUT2D eigenvalue weighted by molar-refractivity contribution is -0.117. The number of terminal acetylenes is 1. The van der Waals surface area contributed by atoms with Gasteiger partial charge in [0.25, 0.3) is 5.91 Å². The van der Waals surface area contributed by atoms with Crippen LogP contribution in [-0.4, -0.2) is 17.3 Å². The van der Waals surface area contributed by atoms with Crippen molar-refractivity contribution in [1.29, 1.82) is 0 Å². The van der Waals surface area contributed by atoms with Crippen LogP contribution in [0.3, 0.4) is 0 Å². The predicted octanol–water partition coefficient (Wildman–Crippen LogP) is 3.01. The monoisotopic (exact) mass is 386 g/mol. The summed E-state index contributed by atoms with van der Waals surface area (Å²) in [6.07, 6.45) is 5.38. The zero-order valence-electron chi connectivity index (χ0n) is 13.9. The molecule has 1 aromatic heterocycles. The molecule has 0 saturated carbocycles. The number of aromatic nitrogens is 1. The van der Waals surface area contributed by atoms with E-state index in [4.69, 9.17) is 15.9 Å². The van der Waals surface area contributed by atoms with Crippen molar-refractivity contribution in [1.82, 2.24) is 4.57 Å². The van der Waals surface area contributed by atoms with Gasteiger partial charge in [0, 0.05) is 6.07 Å². The SMILES string of the molecule is C#CCn1c(=NC(=O)Cc2ccc3c(c2)OCO3)sc2cc(F)cc(F)c21. The first kappa shape index (κ1) is 17.2. The van der Waals surface area contributed by atoms with Gasteiger partial charge in [0.05, 0.1) is 23.2 Å². The molecule has 2 aromatic carbocycles. The van der Waals surface area contributed by atoms with Crippen molar-refractivity contribution in [2.24, 2.45) is 4.99 Å². The summed E-state index contributed by atoms with van der Waals surface area (Å²) in [5, 5.41) is 0. The zero-order valence-corrected chi connectivity index (χ0v) is 14.7. The lowest BCUT2D eigenvalue weighted by Crippen LogP contribution is -2.17. The first-order valence-corrected chi connectivity index (χ1v) is 8.75. The number of fused-ring (bicyclic) bond motifs is 2. The average Bonchev–Trinajstić information content (AvgIpc) is 3.19. The Hall–Kier alpha value is -3.18. The second kappa shape index (κ2) is 6.85. The molecule has 0 bridgehead atoms. The highest BCUT2D eigenvalue weighted by Crippen LogP contribution is 2.32. The van der Waals surface area contributed by atoms with E-state index in [1.165, 1.54) is 10.6 Å². The van der Waals surface area contributed by atoms with Gasteiger partial charge in [-0.15, -0.1) is 6.42 Å². The summed E-state index contributed by atoms with van der Waals surface area (Å²) < 4.78 is 39.9. The van der Waals surface area contributed by atoms with Gasteiger partial charge in [0.1, 0.15) is 5.82 Å². The molecule has 0 spiro atoms. The van der Waals surface area contributed by atoms with E-state index in [1.807, 2.05) is 0 Å². The Balaban J connectivity index is 1.71. The molecule has 0 saturated heterocycles. The average molecular weight is 386 g/mol.